The highest BCUT2D eigenvalue weighted by Crippen LogP contribution is 2.34. The van der Waals surface area contributed by atoms with Gasteiger partial charge in [0.25, 0.3) is 0 Å². The number of methoxy groups -OCH3 is 1. The quantitative estimate of drug-likeness (QED) is 0.601. The minimum atomic E-state index is 0.364. The van der Waals surface area contributed by atoms with E-state index < -0.39 is 0 Å². The zero-order valence-corrected chi connectivity index (χ0v) is 9.41. The number of hydrogen-bond donors (Lipinski definition) is 0. The van der Waals surface area contributed by atoms with E-state index in [0.717, 1.165) is 10.8 Å². The van der Waals surface area contributed by atoms with Crippen molar-refractivity contribution in [3.8, 4) is 11.5 Å². The van der Waals surface area contributed by atoms with Gasteiger partial charge in [0, 0.05) is 6.42 Å². The molecule has 3 nitrogen and oxygen atoms in total. The molecule has 0 spiro atoms. The zero-order valence-electron chi connectivity index (χ0n) is 7.83. The van der Waals surface area contributed by atoms with E-state index in [9.17, 15) is 4.79 Å². The smallest absolute Gasteiger partial charge is 0.175 e. The summed E-state index contributed by atoms with van der Waals surface area (Å²) in [6.45, 7) is 0.364. The second kappa shape index (κ2) is 5.65. The first-order chi connectivity index (χ1) is 6.79. The Morgan fingerprint density at radius 1 is 1.50 bits per heavy atom. The molecule has 0 fully saturated rings. The molecule has 0 heterocycles. The summed E-state index contributed by atoms with van der Waals surface area (Å²) in [6.07, 6.45) is 1.20. The lowest BCUT2D eigenvalue weighted by atomic mass is 10.3. The van der Waals surface area contributed by atoms with Crippen molar-refractivity contribution in [1.82, 2.24) is 0 Å². The Labute approximate surface area is 91.1 Å². The number of aldehydes is 1. The lowest BCUT2D eigenvalue weighted by molar-refractivity contribution is -0.108. The maximum absolute atomic E-state index is 10.1. The van der Waals surface area contributed by atoms with Gasteiger partial charge >= 0.3 is 0 Å². The van der Waals surface area contributed by atoms with Crippen LogP contribution in [0, 0.1) is 0 Å². The Morgan fingerprint density at radius 3 is 2.93 bits per heavy atom. The summed E-state index contributed by atoms with van der Waals surface area (Å²) in [5, 5.41) is 0. The number of benzene rings is 1. The monoisotopic (exact) mass is 258 g/mol. The van der Waals surface area contributed by atoms with Gasteiger partial charge in [-0.25, -0.2) is 0 Å². The van der Waals surface area contributed by atoms with Crippen molar-refractivity contribution < 1.29 is 14.3 Å². The molecule has 0 radical (unpaired) electrons. The molecule has 0 aliphatic rings. The van der Waals surface area contributed by atoms with Gasteiger partial charge in [-0.1, -0.05) is 6.07 Å². The van der Waals surface area contributed by atoms with Gasteiger partial charge in [-0.2, -0.15) is 0 Å². The van der Waals surface area contributed by atoms with Crippen molar-refractivity contribution in [2.75, 3.05) is 13.7 Å². The first-order valence-electron chi connectivity index (χ1n) is 4.18. The third kappa shape index (κ3) is 2.73. The molecule has 1 aromatic carbocycles. The summed E-state index contributed by atoms with van der Waals surface area (Å²) < 4.78 is 11.3. The predicted molar refractivity (Wildman–Crippen MR) is 56.9 cm³/mol. The Bertz CT molecular complexity index is 312. The molecule has 0 saturated heterocycles. The molecule has 0 amide bonds. The summed E-state index contributed by atoms with van der Waals surface area (Å²) in [5.41, 5.74) is 0. The van der Waals surface area contributed by atoms with Crippen molar-refractivity contribution in [1.29, 1.82) is 0 Å². The molecular formula is C10H11BrO3. The van der Waals surface area contributed by atoms with Crippen LogP contribution in [0.4, 0.5) is 0 Å². The molecule has 76 valence electrons. The summed E-state index contributed by atoms with van der Waals surface area (Å²) in [6, 6.07) is 5.52. The number of rotatable bonds is 5. The molecular weight excluding hydrogens is 248 g/mol. The maximum atomic E-state index is 10.1. The number of ether oxygens (including phenoxy) is 2. The molecule has 0 bridgehead atoms. The van der Waals surface area contributed by atoms with E-state index >= 15 is 0 Å². The van der Waals surface area contributed by atoms with E-state index in [2.05, 4.69) is 15.9 Å². The highest BCUT2D eigenvalue weighted by molar-refractivity contribution is 9.10. The molecule has 0 saturated carbocycles. The number of carbonyl (C=O) groups excluding carboxylic acids is 1. The molecule has 1 aromatic rings. The van der Waals surface area contributed by atoms with Crippen LogP contribution in [0.15, 0.2) is 22.7 Å². The summed E-state index contributed by atoms with van der Waals surface area (Å²) >= 11 is 3.35. The molecule has 14 heavy (non-hydrogen) atoms. The lowest BCUT2D eigenvalue weighted by Crippen LogP contribution is -2.00. The number of halogens is 1. The lowest BCUT2D eigenvalue weighted by Gasteiger charge is -2.10. The SMILES string of the molecule is COc1cccc(Br)c1OCCC=O. The molecule has 0 unspecified atom stereocenters. The fourth-order valence-electron chi connectivity index (χ4n) is 0.999. The number of carbonyl (C=O) groups is 1. The van der Waals surface area contributed by atoms with Gasteiger partial charge < -0.3 is 14.3 Å². The van der Waals surface area contributed by atoms with Crippen molar-refractivity contribution in [2.24, 2.45) is 0 Å². The summed E-state index contributed by atoms with van der Waals surface area (Å²) in [5.74, 6) is 1.29. The van der Waals surface area contributed by atoms with Gasteiger partial charge in [0.15, 0.2) is 11.5 Å². The van der Waals surface area contributed by atoms with Crippen LogP contribution in [0.2, 0.25) is 0 Å². The van der Waals surface area contributed by atoms with E-state index in [1.54, 1.807) is 13.2 Å². The number of hydrogen-bond acceptors (Lipinski definition) is 3. The van der Waals surface area contributed by atoms with Crippen molar-refractivity contribution >= 4 is 22.2 Å². The summed E-state index contributed by atoms with van der Waals surface area (Å²) in [7, 11) is 1.58. The maximum Gasteiger partial charge on any atom is 0.175 e. The van der Waals surface area contributed by atoms with Gasteiger partial charge in [-0.3, -0.25) is 0 Å². The van der Waals surface area contributed by atoms with Gasteiger partial charge in [0.2, 0.25) is 0 Å². The van der Waals surface area contributed by atoms with Crippen LogP contribution >= 0.6 is 15.9 Å². The molecule has 1 rings (SSSR count). The van der Waals surface area contributed by atoms with Crippen LogP contribution in [0.25, 0.3) is 0 Å². The van der Waals surface area contributed by atoms with Gasteiger partial charge in [-0.15, -0.1) is 0 Å². The largest absolute Gasteiger partial charge is 0.493 e. The van der Waals surface area contributed by atoms with Gasteiger partial charge in [-0.05, 0) is 28.1 Å². The van der Waals surface area contributed by atoms with Crippen LogP contribution in [0.1, 0.15) is 6.42 Å². The van der Waals surface area contributed by atoms with E-state index in [1.165, 1.54) is 0 Å². The van der Waals surface area contributed by atoms with E-state index in [-0.39, 0.29) is 0 Å². The molecule has 4 heteroatoms. The highest BCUT2D eigenvalue weighted by Gasteiger charge is 2.07. The fourth-order valence-corrected chi connectivity index (χ4v) is 1.46. The van der Waals surface area contributed by atoms with Crippen LogP contribution in [-0.2, 0) is 4.79 Å². The summed E-state index contributed by atoms with van der Waals surface area (Å²) in [4.78, 5) is 10.1. The second-order valence-electron chi connectivity index (χ2n) is 2.58. The van der Waals surface area contributed by atoms with Crippen LogP contribution < -0.4 is 9.47 Å². The third-order valence-corrected chi connectivity index (χ3v) is 2.26. The average molecular weight is 259 g/mol. The van der Waals surface area contributed by atoms with Crippen molar-refractivity contribution in [3.63, 3.8) is 0 Å². The van der Waals surface area contributed by atoms with E-state index in [0.29, 0.717) is 24.5 Å². The van der Waals surface area contributed by atoms with Crippen LogP contribution in [-0.4, -0.2) is 20.0 Å². The van der Waals surface area contributed by atoms with Gasteiger partial charge in [0.05, 0.1) is 18.2 Å². The predicted octanol–water partition coefficient (Wildman–Crippen LogP) is 2.43. The highest BCUT2D eigenvalue weighted by atomic mass is 79.9. The number of para-hydroxylation sites is 1. The molecule has 0 aliphatic heterocycles. The molecule has 0 aliphatic carbocycles. The average Bonchev–Trinajstić information content (AvgIpc) is 2.20. The van der Waals surface area contributed by atoms with Gasteiger partial charge in [0.1, 0.15) is 6.29 Å². The van der Waals surface area contributed by atoms with Crippen molar-refractivity contribution in [2.45, 2.75) is 6.42 Å². The topological polar surface area (TPSA) is 35.5 Å². The van der Waals surface area contributed by atoms with E-state index in [1.807, 2.05) is 12.1 Å². The van der Waals surface area contributed by atoms with Crippen molar-refractivity contribution in [3.05, 3.63) is 22.7 Å². The van der Waals surface area contributed by atoms with E-state index in [4.69, 9.17) is 9.47 Å². The first-order valence-corrected chi connectivity index (χ1v) is 4.98. The van der Waals surface area contributed by atoms with Crippen LogP contribution in [0.5, 0.6) is 11.5 Å². The third-order valence-electron chi connectivity index (χ3n) is 1.63. The molecule has 0 N–H and O–H groups in total. The minimum absolute atomic E-state index is 0.364. The standard InChI is InChI=1S/C10H11BrO3/c1-13-9-5-2-4-8(11)10(9)14-7-3-6-12/h2,4-6H,3,7H2,1H3. The Morgan fingerprint density at radius 2 is 2.29 bits per heavy atom. The Kier molecular flexibility index (Phi) is 4.46. The normalized spacial score (nSPS) is 9.57. The minimum Gasteiger partial charge on any atom is -0.493 e. The Balaban J connectivity index is 2.76. The second-order valence-corrected chi connectivity index (χ2v) is 3.43. The molecule has 0 atom stereocenters. The first kappa shape index (κ1) is 11.0. The zero-order chi connectivity index (χ0) is 10.4. The fraction of sp³-hybridized carbons (Fsp3) is 0.300. The Hall–Kier alpha value is -1.03. The molecule has 0 aromatic heterocycles. The van der Waals surface area contributed by atoms with Crippen LogP contribution in [0.3, 0.4) is 0 Å².